The minimum absolute atomic E-state index is 0.0156. The summed E-state index contributed by atoms with van der Waals surface area (Å²) in [4.78, 5) is 24.6. The Morgan fingerprint density at radius 2 is 1.55 bits per heavy atom. The number of anilines is 1. The molecule has 146 valence electrons. The lowest BCUT2D eigenvalue weighted by Crippen LogP contribution is -2.18. The van der Waals surface area contributed by atoms with Gasteiger partial charge in [0.15, 0.2) is 0 Å². The normalized spacial score (nSPS) is 10.7. The van der Waals surface area contributed by atoms with Crippen molar-refractivity contribution >= 4 is 46.9 Å². The van der Waals surface area contributed by atoms with Gasteiger partial charge < -0.3 is 10.4 Å². The Kier molecular flexibility index (Phi) is 6.49. The third-order valence-electron chi connectivity index (χ3n) is 3.83. The fourth-order valence-electron chi connectivity index (χ4n) is 2.42. The molecule has 0 aliphatic rings. The van der Waals surface area contributed by atoms with Gasteiger partial charge in [0.05, 0.1) is 6.21 Å². The summed E-state index contributed by atoms with van der Waals surface area (Å²) in [6.45, 7) is 0. The summed E-state index contributed by atoms with van der Waals surface area (Å²) in [7, 11) is 0. The van der Waals surface area contributed by atoms with Crippen LogP contribution in [0.2, 0.25) is 10.0 Å². The van der Waals surface area contributed by atoms with E-state index >= 15 is 0 Å². The van der Waals surface area contributed by atoms with Crippen molar-refractivity contribution in [1.82, 2.24) is 5.43 Å². The van der Waals surface area contributed by atoms with Gasteiger partial charge in [-0.25, -0.2) is 5.43 Å². The molecule has 8 heteroatoms. The highest BCUT2D eigenvalue weighted by Crippen LogP contribution is 2.19. The second kappa shape index (κ2) is 9.23. The van der Waals surface area contributed by atoms with E-state index in [0.717, 1.165) is 0 Å². The van der Waals surface area contributed by atoms with Gasteiger partial charge in [0.1, 0.15) is 5.75 Å². The zero-order valence-corrected chi connectivity index (χ0v) is 16.4. The number of benzene rings is 3. The lowest BCUT2D eigenvalue weighted by molar-refractivity contribution is 0.0953. The molecular formula is C21H15Cl2N3O3. The van der Waals surface area contributed by atoms with Gasteiger partial charge in [-0.1, -0.05) is 35.3 Å². The van der Waals surface area contributed by atoms with Crippen LogP contribution < -0.4 is 10.7 Å². The molecule has 29 heavy (non-hydrogen) atoms. The minimum atomic E-state index is -0.485. The van der Waals surface area contributed by atoms with Crippen LogP contribution in [0.3, 0.4) is 0 Å². The number of phenolic OH excluding ortho intramolecular Hbond substituents is 1. The predicted molar refractivity (Wildman–Crippen MR) is 114 cm³/mol. The monoisotopic (exact) mass is 427 g/mol. The minimum Gasteiger partial charge on any atom is -0.507 e. The topological polar surface area (TPSA) is 90.8 Å². The molecule has 2 amide bonds. The van der Waals surface area contributed by atoms with Gasteiger partial charge in [-0.2, -0.15) is 5.10 Å². The molecule has 3 aromatic rings. The number of hydrazone groups is 1. The third-order valence-corrected chi connectivity index (χ3v) is 4.30. The first-order valence-electron chi connectivity index (χ1n) is 8.41. The van der Waals surface area contributed by atoms with Crippen molar-refractivity contribution in [3.8, 4) is 5.75 Å². The Morgan fingerprint density at radius 1 is 0.862 bits per heavy atom. The number of nitrogens with one attached hydrogen (secondary N) is 2. The fraction of sp³-hybridized carbons (Fsp3) is 0. The van der Waals surface area contributed by atoms with Crippen molar-refractivity contribution in [2.75, 3.05) is 5.32 Å². The highest BCUT2D eigenvalue weighted by Gasteiger charge is 2.09. The molecule has 0 aromatic heterocycles. The van der Waals surface area contributed by atoms with Gasteiger partial charge in [0, 0.05) is 32.4 Å². The highest BCUT2D eigenvalue weighted by atomic mass is 35.5. The van der Waals surface area contributed by atoms with E-state index in [2.05, 4.69) is 15.8 Å². The SMILES string of the molecule is O=C(N/N=C\c1cc(Cl)ccc1O)c1cccc(NC(=O)c2cccc(Cl)c2)c1. The van der Waals surface area contributed by atoms with Crippen LogP contribution in [-0.4, -0.2) is 23.1 Å². The van der Waals surface area contributed by atoms with Crippen LogP contribution in [0.4, 0.5) is 5.69 Å². The fourth-order valence-corrected chi connectivity index (χ4v) is 2.80. The Labute approximate surface area is 176 Å². The summed E-state index contributed by atoms with van der Waals surface area (Å²) >= 11 is 11.8. The maximum atomic E-state index is 12.3. The van der Waals surface area contributed by atoms with E-state index in [1.165, 1.54) is 30.5 Å². The van der Waals surface area contributed by atoms with Crippen LogP contribution in [-0.2, 0) is 0 Å². The molecule has 0 aliphatic carbocycles. The first-order chi connectivity index (χ1) is 13.9. The second-order valence-corrected chi connectivity index (χ2v) is 6.82. The Morgan fingerprint density at radius 3 is 2.31 bits per heavy atom. The van der Waals surface area contributed by atoms with Crippen molar-refractivity contribution in [1.29, 1.82) is 0 Å². The molecular weight excluding hydrogens is 413 g/mol. The van der Waals surface area contributed by atoms with Crippen LogP contribution in [0, 0.1) is 0 Å². The molecule has 3 aromatic carbocycles. The van der Waals surface area contributed by atoms with Crippen molar-refractivity contribution in [3.63, 3.8) is 0 Å². The van der Waals surface area contributed by atoms with Gasteiger partial charge in [-0.3, -0.25) is 9.59 Å². The van der Waals surface area contributed by atoms with E-state index in [9.17, 15) is 14.7 Å². The number of halogens is 2. The number of hydrogen-bond donors (Lipinski definition) is 3. The lowest BCUT2D eigenvalue weighted by atomic mass is 10.1. The van der Waals surface area contributed by atoms with E-state index in [1.807, 2.05) is 0 Å². The largest absolute Gasteiger partial charge is 0.507 e. The lowest BCUT2D eigenvalue weighted by Gasteiger charge is -2.07. The summed E-state index contributed by atoms with van der Waals surface area (Å²) in [6, 6.07) is 17.4. The number of carbonyl (C=O) groups is 2. The van der Waals surface area contributed by atoms with Gasteiger partial charge in [0.25, 0.3) is 11.8 Å². The van der Waals surface area contributed by atoms with Crippen molar-refractivity contribution < 1.29 is 14.7 Å². The summed E-state index contributed by atoms with van der Waals surface area (Å²) < 4.78 is 0. The Balaban J connectivity index is 1.67. The second-order valence-electron chi connectivity index (χ2n) is 5.95. The first-order valence-corrected chi connectivity index (χ1v) is 9.17. The van der Waals surface area contributed by atoms with Crippen molar-refractivity contribution in [3.05, 3.63) is 93.5 Å². The summed E-state index contributed by atoms with van der Waals surface area (Å²) in [6.07, 6.45) is 1.28. The van der Waals surface area contributed by atoms with Crippen LogP contribution in [0.1, 0.15) is 26.3 Å². The Hall–Kier alpha value is -3.35. The molecule has 0 unspecified atom stereocenters. The summed E-state index contributed by atoms with van der Waals surface area (Å²) in [5.41, 5.74) is 3.86. The average molecular weight is 428 g/mol. The molecule has 0 aliphatic heterocycles. The van der Waals surface area contributed by atoms with Crippen LogP contribution in [0.15, 0.2) is 71.8 Å². The van der Waals surface area contributed by atoms with Crippen molar-refractivity contribution in [2.45, 2.75) is 0 Å². The molecule has 6 nitrogen and oxygen atoms in total. The van der Waals surface area contributed by atoms with Crippen LogP contribution in [0.5, 0.6) is 5.75 Å². The molecule has 3 N–H and O–H groups in total. The number of phenols is 1. The van der Waals surface area contributed by atoms with Gasteiger partial charge in [0.2, 0.25) is 0 Å². The van der Waals surface area contributed by atoms with E-state index in [-0.39, 0.29) is 11.7 Å². The molecule has 0 bridgehead atoms. The number of carbonyl (C=O) groups excluding carboxylic acids is 2. The maximum Gasteiger partial charge on any atom is 0.271 e. The maximum absolute atomic E-state index is 12.3. The molecule has 0 spiro atoms. The van der Waals surface area contributed by atoms with Crippen molar-refractivity contribution in [2.24, 2.45) is 5.10 Å². The van der Waals surface area contributed by atoms with E-state index in [0.29, 0.717) is 32.4 Å². The van der Waals surface area contributed by atoms with E-state index in [1.54, 1.807) is 42.5 Å². The molecule has 0 radical (unpaired) electrons. The molecule has 3 rings (SSSR count). The Bertz CT molecular complexity index is 1100. The summed E-state index contributed by atoms with van der Waals surface area (Å²) in [5, 5.41) is 17.2. The number of amides is 2. The third kappa shape index (κ3) is 5.57. The van der Waals surface area contributed by atoms with Gasteiger partial charge in [-0.05, 0) is 54.6 Å². The zero-order chi connectivity index (χ0) is 20.8. The number of nitrogens with zero attached hydrogens (tertiary/aromatic N) is 1. The first kappa shape index (κ1) is 20.4. The average Bonchev–Trinajstić information content (AvgIpc) is 2.70. The standard InChI is InChI=1S/C21H15Cl2N3O3/c22-16-5-1-3-13(9-16)20(28)25-18-6-2-4-14(11-18)21(29)26-24-12-15-10-17(23)7-8-19(15)27/h1-12,27H,(H,25,28)(H,26,29)/b24-12-. The van der Waals surface area contributed by atoms with Crippen LogP contribution in [0.25, 0.3) is 0 Å². The number of hydrogen-bond acceptors (Lipinski definition) is 4. The van der Waals surface area contributed by atoms with Crippen LogP contribution >= 0.6 is 23.2 Å². The summed E-state index contributed by atoms with van der Waals surface area (Å²) in [5.74, 6) is -0.848. The molecule has 0 saturated carbocycles. The quantitative estimate of drug-likeness (QED) is 0.406. The van der Waals surface area contributed by atoms with E-state index < -0.39 is 5.91 Å². The predicted octanol–water partition coefficient (Wildman–Crippen LogP) is 4.72. The van der Waals surface area contributed by atoms with Gasteiger partial charge in [-0.15, -0.1) is 0 Å². The van der Waals surface area contributed by atoms with Gasteiger partial charge >= 0.3 is 0 Å². The molecule has 0 saturated heterocycles. The smallest absolute Gasteiger partial charge is 0.271 e. The zero-order valence-electron chi connectivity index (χ0n) is 14.9. The number of rotatable bonds is 5. The molecule has 0 fully saturated rings. The van der Waals surface area contributed by atoms with E-state index in [4.69, 9.17) is 23.2 Å². The molecule has 0 heterocycles. The highest BCUT2D eigenvalue weighted by molar-refractivity contribution is 6.31. The molecule has 0 atom stereocenters. The number of aromatic hydroxyl groups is 1.